The first kappa shape index (κ1) is 13.6. The summed E-state index contributed by atoms with van der Waals surface area (Å²) in [5.74, 6) is -2.13. The molecule has 1 rings (SSSR count). The number of amides is 1. The number of nitrogens with zero attached hydrogens (tertiary/aromatic N) is 1. The Hall–Kier alpha value is -1.49. The molecule has 0 atom stereocenters. The predicted molar refractivity (Wildman–Crippen MR) is 62.9 cm³/mol. The second kappa shape index (κ2) is 4.79. The van der Waals surface area contributed by atoms with E-state index < -0.39 is 17.2 Å². The highest BCUT2D eigenvalue weighted by molar-refractivity contribution is 5.99. The summed E-state index contributed by atoms with van der Waals surface area (Å²) in [5, 5.41) is 2.86. The molecule has 0 aliphatic heterocycles. The van der Waals surface area contributed by atoms with Gasteiger partial charge in [-0.2, -0.15) is 0 Å². The van der Waals surface area contributed by atoms with Crippen LogP contribution in [0.2, 0.25) is 0 Å². The van der Waals surface area contributed by atoms with E-state index in [0.717, 1.165) is 12.1 Å². The molecule has 0 heterocycles. The summed E-state index contributed by atoms with van der Waals surface area (Å²) in [7, 11) is 3.19. The Morgan fingerprint density at radius 1 is 1.29 bits per heavy atom. The van der Waals surface area contributed by atoms with Gasteiger partial charge in [0, 0.05) is 18.8 Å². The van der Waals surface area contributed by atoms with Gasteiger partial charge in [-0.15, -0.1) is 0 Å². The van der Waals surface area contributed by atoms with Gasteiger partial charge in [0.05, 0.1) is 5.54 Å². The molecule has 1 amide bonds. The molecule has 1 aromatic carbocycles. The van der Waals surface area contributed by atoms with Crippen molar-refractivity contribution in [2.75, 3.05) is 19.0 Å². The van der Waals surface area contributed by atoms with Crippen LogP contribution in [0.3, 0.4) is 0 Å². The van der Waals surface area contributed by atoms with Gasteiger partial charge in [-0.3, -0.25) is 4.79 Å². The molecule has 0 bridgehead atoms. The second-order valence-electron chi connectivity index (χ2n) is 4.34. The number of carbonyl (C=O) groups excluding carboxylic acids is 1. The lowest BCUT2D eigenvalue weighted by molar-refractivity contribution is -0.123. The molecule has 0 saturated carbocycles. The molecule has 0 aromatic heterocycles. The largest absolute Gasteiger partial charge is 0.314 e. The van der Waals surface area contributed by atoms with Gasteiger partial charge in [-0.1, -0.05) is 0 Å². The maximum atomic E-state index is 13.1. The molecule has 0 spiro atoms. The summed E-state index contributed by atoms with van der Waals surface area (Å²) < 4.78 is 25.8. The minimum absolute atomic E-state index is 0.231. The molecule has 5 heteroatoms. The third-order valence-electron chi connectivity index (χ3n) is 2.75. The van der Waals surface area contributed by atoms with Crippen molar-refractivity contribution in [3.8, 4) is 0 Å². The molecule has 0 aliphatic carbocycles. The molecule has 0 saturated heterocycles. The summed E-state index contributed by atoms with van der Waals surface area (Å²) in [5.41, 5.74) is -0.447. The van der Waals surface area contributed by atoms with Crippen LogP contribution in [0.4, 0.5) is 14.5 Å². The van der Waals surface area contributed by atoms with Gasteiger partial charge in [-0.25, -0.2) is 8.78 Å². The average molecular weight is 242 g/mol. The van der Waals surface area contributed by atoms with Crippen LogP contribution in [-0.4, -0.2) is 25.5 Å². The second-order valence-corrected chi connectivity index (χ2v) is 4.34. The Labute approximate surface area is 99.4 Å². The Balaban J connectivity index is 3.00. The molecule has 94 valence electrons. The molecule has 0 aliphatic rings. The summed E-state index contributed by atoms with van der Waals surface area (Å²) in [6, 6.07) is 3.36. The van der Waals surface area contributed by atoms with Crippen molar-refractivity contribution < 1.29 is 13.6 Å². The standard InChI is InChI=1S/C12H16F2N2O/c1-12(2,15-3)11(17)16(4)8-5-6-9(13)10(14)7-8/h5-7,15H,1-4H3. The first-order valence-electron chi connectivity index (χ1n) is 5.21. The highest BCUT2D eigenvalue weighted by Crippen LogP contribution is 2.19. The Bertz CT molecular complexity index is 433. The van der Waals surface area contributed by atoms with Crippen LogP contribution in [0.1, 0.15) is 13.8 Å². The molecular weight excluding hydrogens is 226 g/mol. The van der Waals surface area contributed by atoms with Crippen molar-refractivity contribution in [2.24, 2.45) is 0 Å². The fraction of sp³-hybridized carbons (Fsp3) is 0.417. The highest BCUT2D eigenvalue weighted by atomic mass is 19.2. The smallest absolute Gasteiger partial charge is 0.246 e. The number of carbonyl (C=O) groups is 1. The van der Waals surface area contributed by atoms with Gasteiger partial charge in [0.25, 0.3) is 0 Å². The number of halogens is 2. The zero-order valence-electron chi connectivity index (χ0n) is 10.3. The van der Waals surface area contributed by atoms with Gasteiger partial charge in [0.15, 0.2) is 11.6 Å². The lowest BCUT2D eigenvalue weighted by atomic mass is 10.0. The quantitative estimate of drug-likeness (QED) is 0.878. The van der Waals surface area contributed by atoms with Crippen LogP contribution in [0, 0.1) is 11.6 Å². The molecule has 3 nitrogen and oxygen atoms in total. The Kier molecular flexibility index (Phi) is 3.83. The van der Waals surface area contributed by atoms with E-state index in [-0.39, 0.29) is 5.91 Å². The van der Waals surface area contributed by atoms with Crippen LogP contribution in [-0.2, 0) is 4.79 Å². The Morgan fingerprint density at radius 2 is 1.88 bits per heavy atom. The van der Waals surface area contributed by atoms with Crippen LogP contribution in [0.25, 0.3) is 0 Å². The maximum absolute atomic E-state index is 13.1. The zero-order valence-corrected chi connectivity index (χ0v) is 10.3. The van der Waals surface area contributed by atoms with Crippen LogP contribution < -0.4 is 10.2 Å². The third kappa shape index (κ3) is 2.79. The SMILES string of the molecule is CNC(C)(C)C(=O)N(C)c1ccc(F)c(F)c1. The topological polar surface area (TPSA) is 32.3 Å². The first-order valence-corrected chi connectivity index (χ1v) is 5.21. The van der Waals surface area contributed by atoms with Crippen molar-refractivity contribution in [3.05, 3.63) is 29.8 Å². The minimum Gasteiger partial charge on any atom is -0.314 e. The van der Waals surface area contributed by atoms with E-state index in [1.807, 2.05) is 0 Å². The molecule has 1 N–H and O–H groups in total. The van der Waals surface area contributed by atoms with Crippen LogP contribution in [0.15, 0.2) is 18.2 Å². The number of likely N-dealkylation sites (N-methyl/N-ethyl adjacent to an activating group) is 2. The third-order valence-corrected chi connectivity index (χ3v) is 2.75. The summed E-state index contributed by atoms with van der Waals surface area (Å²) in [6.07, 6.45) is 0. The van der Waals surface area contributed by atoms with Crippen molar-refractivity contribution in [1.29, 1.82) is 0 Å². The number of nitrogens with one attached hydrogen (secondary N) is 1. The van der Waals surface area contributed by atoms with E-state index in [2.05, 4.69) is 5.32 Å². The normalized spacial score (nSPS) is 11.4. The van der Waals surface area contributed by atoms with Crippen molar-refractivity contribution in [2.45, 2.75) is 19.4 Å². The zero-order chi connectivity index (χ0) is 13.2. The van der Waals surface area contributed by atoms with Gasteiger partial charge >= 0.3 is 0 Å². The monoisotopic (exact) mass is 242 g/mol. The number of rotatable bonds is 3. The lowest BCUT2D eigenvalue weighted by Gasteiger charge is -2.29. The molecular formula is C12H16F2N2O. The number of hydrogen-bond acceptors (Lipinski definition) is 2. The molecule has 17 heavy (non-hydrogen) atoms. The fourth-order valence-corrected chi connectivity index (χ4v) is 1.34. The van der Waals surface area contributed by atoms with Gasteiger partial charge in [0.2, 0.25) is 5.91 Å². The summed E-state index contributed by atoms with van der Waals surface area (Å²) in [4.78, 5) is 13.3. The van der Waals surface area contributed by atoms with E-state index in [0.29, 0.717) is 5.69 Å². The highest BCUT2D eigenvalue weighted by Gasteiger charge is 2.29. The molecule has 0 unspecified atom stereocenters. The van der Waals surface area contributed by atoms with E-state index in [4.69, 9.17) is 0 Å². The van der Waals surface area contributed by atoms with Gasteiger partial charge in [-0.05, 0) is 33.0 Å². The van der Waals surface area contributed by atoms with Crippen molar-refractivity contribution in [1.82, 2.24) is 5.32 Å². The summed E-state index contributed by atoms with van der Waals surface area (Å²) in [6.45, 7) is 3.43. The van der Waals surface area contributed by atoms with E-state index in [9.17, 15) is 13.6 Å². The average Bonchev–Trinajstić information content (AvgIpc) is 2.30. The van der Waals surface area contributed by atoms with Crippen LogP contribution >= 0.6 is 0 Å². The first-order chi connectivity index (χ1) is 7.79. The Morgan fingerprint density at radius 3 is 2.35 bits per heavy atom. The lowest BCUT2D eigenvalue weighted by Crippen LogP contribution is -2.51. The van der Waals surface area contributed by atoms with E-state index in [1.165, 1.54) is 18.0 Å². The number of benzene rings is 1. The minimum atomic E-state index is -0.968. The van der Waals surface area contributed by atoms with Gasteiger partial charge < -0.3 is 10.2 Å². The fourth-order valence-electron chi connectivity index (χ4n) is 1.34. The molecule has 1 aromatic rings. The van der Waals surface area contributed by atoms with Crippen molar-refractivity contribution in [3.63, 3.8) is 0 Å². The molecule has 0 radical (unpaired) electrons. The molecule has 0 fully saturated rings. The van der Waals surface area contributed by atoms with Crippen LogP contribution in [0.5, 0.6) is 0 Å². The van der Waals surface area contributed by atoms with E-state index in [1.54, 1.807) is 20.9 Å². The van der Waals surface area contributed by atoms with Gasteiger partial charge in [0.1, 0.15) is 0 Å². The van der Waals surface area contributed by atoms with Crippen molar-refractivity contribution >= 4 is 11.6 Å². The maximum Gasteiger partial charge on any atom is 0.246 e. The number of hydrogen-bond donors (Lipinski definition) is 1. The van der Waals surface area contributed by atoms with E-state index >= 15 is 0 Å². The summed E-state index contributed by atoms with van der Waals surface area (Å²) >= 11 is 0. The predicted octanol–water partition coefficient (Wildman–Crippen LogP) is 1.93. The number of anilines is 1.